The molecule has 0 bridgehead atoms. The van der Waals surface area contributed by atoms with Crippen molar-refractivity contribution in [2.24, 2.45) is 7.05 Å². The predicted molar refractivity (Wildman–Crippen MR) is 74.2 cm³/mol. The molecule has 1 aromatic carbocycles. The predicted octanol–water partition coefficient (Wildman–Crippen LogP) is 2.07. The summed E-state index contributed by atoms with van der Waals surface area (Å²) in [5.41, 5.74) is 3.65. The topological polar surface area (TPSA) is 70.7 Å². The Kier molecular flexibility index (Phi) is 2.79. The molecular weight excluding hydrogens is 252 g/mol. The number of nitriles is 1. The first kappa shape index (κ1) is 12.4. The molecule has 5 heteroatoms. The lowest BCUT2D eigenvalue weighted by molar-refractivity contribution is -0.116. The van der Waals surface area contributed by atoms with Crippen molar-refractivity contribution in [3.63, 3.8) is 0 Å². The van der Waals surface area contributed by atoms with Crippen LogP contribution in [0, 0.1) is 18.3 Å². The van der Waals surface area contributed by atoms with Gasteiger partial charge >= 0.3 is 0 Å². The summed E-state index contributed by atoms with van der Waals surface area (Å²) >= 11 is 0. The second kappa shape index (κ2) is 4.49. The van der Waals surface area contributed by atoms with E-state index in [1.807, 2.05) is 26.1 Å². The number of rotatable bonds is 1. The lowest BCUT2D eigenvalue weighted by Crippen LogP contribution is -2.24. The van der Waals surface area contributed by atoms with Crippen LogP contribution in [0.25, 0.3) is 0 Å². The fraction of sp³-hybridized carbons (Fsp3) is 0.267. The Morgan fingerprint density at radius 3 is 2.75 bits per heavy atom. The molecule has 100 valence electrons. The number of nitrogens with one attached hydrogen (secondary N) is 1. The number of anilines is 1. The molecule has 0 spiro atoms. The summed E-state index contributed by atoms with van der Waals surface area (Å²) in [6, 6.07) is 9.50. The molecular formula is C15H14N4O. The Morgan fingerprint density at radius 1 is 1.40 bits per heavy atom. The van der Waals surface area contributed by atoms with E-state index >= 15 is 0 Å². The van der Waals surface area contributed by atoms with Crippen LogP contribution >= 0.6 is 0 Å². The molecule has 0 saturated heterocycles. The SMILES string of the molecule is Cc1nn(C)c2c1C(c1ccc(C#N)cc1)CC(=O)N2. The summed E-state index contributed by atoms with van der Waals surface area (Å²) in [6.45, 7) is 1.95. The van der Waals surface area contributed by atoms with Crippen LogP contribution in [0.2, 0.25) is 0 Å². The van der Waals surface area contributed by atoms with Gasteiger partial charge in [-0.25, -0.2) is 0 Å². The summed E-state index contributed by atoms with van der Waals surface area (Å²) in [5.74, 6) is 0.767. The molecule has 1 N–H and O–H groups in total. The minimum atomic E-state index is -0.00476. The van der Waals surface area contributed by atoms with E-state index in [0.717, 1.165) is 22.6 Å². The number of hydrogen-bond donors (Lipinski definition) is 1. The molecule has 2 heterocycles. The molecule has 3 rings (SSSR count). The molecule has 1 amide bonds. The van der Waals surface area contributed by atoms with Gasteiger partial charge in [-0.1, -0.05) is 12.1 Å². The van der Waals surface area contributed by atoms with Crippen molar-refractivity contribution in [3.8, 4) is 6.07 Å². The highest BCUT2D eigenvalue weighted by Gasteiger charge is 2.31. The minimum Gasteiger partial charge on any atom is -0.311 e. The molecule has 0 saturated carbocycles. The van der Waals surface area contributed by atoms with E-state index < -0.39 is 0 Å². The number of amides is 1. The van der Waals surface area contributed by atoms with Crippen LogP contribution in [-0.4, -0.2) is 15.7 Å². The number of aromatic nitrogens is 2. The van der Waals surface area contributed by atoms with Gasteiger partial charge in [0, 0.05) is 24.9 Å². The fourth-order valence-corrected chi connectivity index (χ4v) is 2.78. The lowest BCUT2D eigenvalue weighted by atomic mass is 9.85. The lowest BCUT2D eigenvalue weighted by Gasteiger charge is -2.24. The minimum absolute atomic E-state index is 0.000179. The number of nitrogens with zero attached hydrogens (tertiary/aromatic N) is 3. The van der Waals surface area contributed by atoms with Crippen molar-refractivity contribution >= 4 is 11.7 Å². The maximum Gasteiger partial charge on any atom is 0.226 e. The van der Waals surface area contributed by atoms with Crippen molar-refractivity contribution in [2.45, 2.75) is 19.3 Å². The van der Waals surface area contributed by atoms with E-state index in [4.69, 9.17) is 5.26 Å². The first-order chi connectivity index (χ1) is 9.60. The molecule has 1 unspecified atom stereocenters. The monoisotopic (exact) mass is 266 g/mol. The summed E-state index contributed by atoms with van der Waals surface area (Å²) in [5, 5.41) is 16.1. The quantitative estimate of drug-likeness (QED) is 0.859. The van der Waals surface area contributed by atoms with Gasteiger partial charge < -0.3 is 5.32 Å². The van der Waals surface area contributed by atoms with Crippen LogP contribution in [0.1, 0.15) is 34.7 Å². The summed E-state index contributed by atoms with van der Waals surface area (Å²) < 4.78 is 1.71. The highest BCUT2D eigenvalue weighted by Crippen LogP contribution is 2.38. The fourth-order valence-electron chi connectivity index (χ4n) is 2.78. The van der Waals surface area contributed by atoms with Gasteiger partial charge in [-0.05, 0) is 24.6 Å². The van der Waals surface area contributed by atoms with Crippen LogP contribution in [0.3, 0.4) is 0 Å². The van der Waals surface area contributed by atoms with Gasteiger partial charge in [0.1, 0.15) is 5.82 Å². The van der Waals surface area contributed by atoms with E-state index in [1.54, 1.807) is 16.8 Å². The second-order valence-electron chi connectivity index (χ2n) is 5.01. The van der Waals surface area contributed by atoms with Gasteiger partial charge in [0.15, 0.2) is 0 Å². The van der Waals surface area contributed by atoms with Gasteiger partial charge in [0.25, 0.3) is 0 Å². The first-order valence-electron chi connectivity index (χ1n) is 6.43. The summed E-state index contributed by atoms with van der Waals surface area (Å²) in [4.78, 5) is 11.9. The average molecular weight is 266 g/mol. The summed E-state index contributed by atoms with van der Waals surface area (Å²) in [7, 11) is 1.83. The third-order valence-electron chi connectivity index (χ3n) is 3.71. The van der Waals surface area contributed by atoms with Gasteiger partial charge in [0.05, 0.1) is 17.3 Å². The van der Waals surface area contributed by atoms with Gasteiger partial charge in [-0.3, -0.25) is 9.48 Å². The zero-order valence-corrected chi connectivity index (χ0v) is 11.3. The Bertz CT molecular complexity index is 722. The number of fused-ring (bicyclic) bond motifs is 1. The third kappa shape index (κ3) is 1.86. The molecule has 1 aliphatic rings. The van der Waals surface area contributed by atoms with Gasteiger partial charge in [-0.15, -0.1) is 0 Å². The maximum absolute atomic E-state index is 11.9. The van der Waals surface area contributed by atoms with Gasteiger partial charge in [0.2, 0.25) is 5.91 Å². The molecule has 5 nitrogen and oxygen atoms in total. The molecule has 1 atom stereocenters. The molecule has 0 aliphatic carbocycles. The number of hydrogen-bond acceptors (Lipinski definition) is 3. The zero-order valence-electron chi connectivity index (χ0n) is 11.3. The molecule has 1 aliphatic heterocycles. The van der Waals surface area contributed by atoms with E-state index in [-0.39, 0.29) is 11.8 Å². The molecule has 2 aromatic rings. The van der Waals surface area contributed by atoms with Gasteiger partial charge in [-0.2, -0.15) is 10.4 Å². The number of carbonyl (C=O) groups is 1. The first-order valence-corrected chi connectivity index (χ1v) is 6.43. The highest BCUT2D eigenvalue weighted by molar-refractivity contribution is 5.94. The Hall–Kier alpha value is -2.61. The molecule has 1 aromatic heterocycles. The van der Waals surface area contributed by atoms with Crippen molar-refractivity contribution in [2.75, 3.05) is 5.32 Å². The van der Waals surface area contributed by atoms with E-state index in [2.05, 4.69) is 16.5 Å². The van der Waals surface area contributed by atoms with Crippen molar-refractivity contribution < 1.29 is 4.79 Å². The Labute approximate surface area is 116 Å². The average Bonchev–Trinajstić information content (AvgIpc) is 2.73. The molecule has 0 radical (unpaired) electrons. The maximum atomic E-state index is 11.9. The smallest absolute Gasteiger partial charge is 0.226 e. The van der Waals surface area contributed by atoms with E-state index in [9.17, 15) is 4.79 Å². The third-order valence-corrected chi connectivity index (χ3v) is 3.71. The Morgan fingerprint density at radius 2 is 2.10 bits per heavy atom. The van der Waals surface area contributed by atoms with Crippen LogP contribution in [0.5, 0.6) is 0 Å². The molecule has 20 heavy (non-hydrogen) atoms. The number of benzene rings is 1. The summed E-state index contributed by atoms with van der Waals surface area (Å²) in [6.07, 6.45) is 0.408. The number of carbonyl (C=O) groups excluding carboxylic acids is 1. The van der Waals surface area contributed by atoms with Crippen LogP contribution < -0.4 is 5.32 Å². The van der Waals surface area contributed by atoms with E-state index in [0.29, 0.717) is 12.0 Å². The molecule has 0 fully saturated rings. The largest absolute Gasteiger partial charge is 0.311 e. The van der Waals surface area contributed by atoms with E-state index in [1.165, 1.54) is 0 Å². The van der Waals surface area contributed by atoms with Crippen LogP contribution in [0.15, 0.2) is 24.3 Å². The van der Waals surface area contributed by atoms with Crippen molar-refractivity contribution in [3.05, 3.63) is 46.6 Å². The second-order valence-corrected chi connectivity index (χ2v) is 5.01. The van der Waals surface area contributed by atoms with Crippen molar-refractivity contribution in [1.82, 2.24) is 9.78 Å². The normalized spacial score (nSPS) is 17.2. The van der Waals surface area contributed by atoms with Crippen LogP contribution in [0.4, 0.5) is 5.82 Å². The highest BCUT2D eigenvalue weighted by atomic mass is 16.1. The standard InChI is InChI=1S/C15H14N4O/c1-9-14-12(11-5-3-10(8-16)4-6-11)7-13(20)17-15(14)19(2)18-9/h3-6,12H,7H2,1-2H3,(H,17,20). The number of aryl methyl sites for hydroxylation is 2. The van der Waals surface area contributed by atoms with Crippen molar-refractivity contribution in [1.29, 1.82) is 5.26 Å². The zero-order chi connectivity index (χ0) is 14.3. The Balaban J connectivity index is 2.10. The van der Waals surface area contributed by atoms with Crippen LogP contribution in [-0.2, 0) is 11.8 Å².